The van der Waals surface area contributed by atoms with Crippen LogP contribution in [-0.2, 0) is 6.54 Å². The third-order valence-electron chi connectivity index (χ3n) is 2.03. The number of aromatic nitrogens is 2. The Morgan fingerprint density at radius 3 is 3.00 bits per heavy atom. The third kappa shape index (κ3) is 2.36. The molecule has 2 aromatic rings. The zero-order valence-electron chi connectivity index (χ0n) is 8.77. The van der Waals surface area contributed by atoms with Gasteiger partial charge in [0.05, 0.1) is 11.6 Å². The summed E-state index contributed by atoms with van der Waals surface area (Å²) in [5.41, 5.74) is 1.64. The fourth-order valence-corrected chi connectivity index (χ4v) is 1.30. The van der Waals surface area contributed by atoms with Crippen LogP contribution < -0.4 is 5.32 Å². The molecule has 0 saturated heterocycles. The molecule has 5 heteroatoms. The monoisotopic (exact) mass is 214 g/mol. The maximum Gasteiger partial charge on any atom is 0.315 e. The van der Waals surface area contributed by atoms with Crippen molar-refractivity contribution in [3.63, 3.8) is 0 Å². The standard InChI is InChI=1S/C11H10N4O/c1-8-14-15-11(16-8)13-7-10-4-2-3-9(5-10)6-12/h2-5H,7H2,1H3,(H,13,15). The molecule has 0 amide bonds. The molecule has 0 spiro atoms. The second-order valence-corrected chi connectivity index (χ2v) is 3.29. The van der Waals surface area contributed by atoms with E-state index in [9.17, 15) is 0 Å². The lowest BCUT2D eigenvalue weighted by Gasteiger charge is -2.01. The van der Waals surface area contributed by atoms with Crippen LogP contribution >= 0.6 is 0 Å². The SMILES string of the molecule is Cc1nnc(NCc2cccc(C#N)c2)o1. The van der Waals surface area contributed by atoms with Gasteiger partial charge < -0.3 is 9.73 Å². The van der Waals surface area contributed by atoms with Crippen LogP contribution in [0.1, 0.15) is 17.0 Å². The first-order valence-electron chi connectivity index (χ1n) is 4.81. The van der Waals surface area contributed by atoms with Gasteiger partial charge in [-0.2, -0.15) is 5.26 Å². The van der Waals surface area contributed by atoms with Crippen LogP contribution in [0.5, 0.6) is 0 Å². The summed E-state index contributed by atoms with van der Waals surface area (Å²) < 4.78 is 5.16. The maximum absolute atomic E-state index is 8.74. The van der Waals surface area contributed by atoms with Crippen LogP contribution in [-0.4, -0.2) is 10.2 Å². The minimum Gasteiger partial charge on any atom is -0.408 e. The Morgan fingerprint density at radius 2 is 2.31 bits per heavy atom. The number of anilines is 1. The lowest BCUT2D eigenvalue weighted by Crippen LogP contribution is -1.99. The van der Waals surface area contributed by atoms with Gasteiger partial charge in [0, 0.05) is 13.5 Å². The van der Waals surface area contributed by atoms with Gasteiger partial charge in [-0.25, -0.2) is 0 Å². The summed E-state index contributed by atoms with van der Waals surface area (Å²) in [4.78, 5) is 0. The van der Waals surface area contributed by atoms with Crippen LogP contribution in [0.4, 0.5) is 6.01 Å². The molecule has 0 bridgehead atoms. The molecule has 1 heterocycles. The van der Waals surface area contributed by atoms with Crippen LogP contribution in [0.25, 0.3) is 0 Å². The van der Waals surface area contributed by atoms with Crippen molar-refractivity contribution in [1.29, 1.82) is 5.26 Å². The van der Waals surface area contributed by atoms with Crippen LogP contribution in [0.3, 0.4) is 0 Å². The molecule has 0 aliphatic carbocycles. The molecule has 1 aromatic heterocycles. The predicted octanol–water partition coefficient (Wildman–Crippen LogP) is 1.86. The van der Waals surface area contributed by atoms with Crippen LogP contribution in [0, 0.1) is 18.3 Å². The molecule has 5 nitrogen and oxygen atoms in total. The molecule has 0 unspecified atom stereocenters. The topological polar surface area (TPSA) is 74.7 Å². The highest BCUT2D eigenvalue weighted by Crippen LogP contribution is 2.08. The number of aryl methyl sites for hydroxylation is 1. The Hall–Kier alpha value is -2.35. The molecule has 0 saturated carbocycles. The molecule has 80 valence electrons. The number of nitrogens with zero attached hydrogens (tertiary/aromatic N) is 3. The van der Waals surface area contributed by atoms with Crippen molar-refractivity contribution >= 4 is 6.01 Å². The van der Waals surface area contributed by atoms with Gasteiger partial charge in [0.1, 0.15) is 0 Å². The van der Waals surface area contributed by atoms with E-state index in [1.807, 2.05) is 18.2 Å². The zero-order valence-corrected chi connectivity index (χ0v) is 8.77. The van der Waals surface area contributed by atoms with E-state index in [-0.39, 0.29) is 0 Å². The number of nitrogens with one attached hydrogen (secondary N) is 1. The summed E-state index contributed by atoms with van der Waals surface area (Å²) in [6.07, 6.45) is 0. The van der Waals surface area contributed by atoms with Gasteiger partial charge in [-0.1, -0.05) is 17.2 Å². The molecule has 0 atom stereocenters. The van der Waals surface area contributed by atoms with Crippen molar-refractivity contribution in [2.45, 2.75) is 13.5 Å². The molecule has 0 aliphatic heterocycles. The van der Waals surface area contributed by atoms with E-state index in [4.69, 9.17) is 9.68 Å². The summed E-state index contributed by atoms with van der Waals surface area (Å²) in [5.74, 6) is 0.522. The van der Waals surface area contributed by atoms with Gasteiger partial charge in [-0.15, -0.1) is 5.10 Å². The lowest BCUT2D eigenvalue weighted by molar-refractivity contribution is 0.530. The molecular formula is C11H10N4O. The maximum atomic E-state index is 8.74. The molecule has 0 fully saturated rings. The summed E-state index contributed by atoms with van der Waals surface area (Å²) >= 11 is 0. The van der Waals surface area contributed by atoms with Crippen molar-refractivity contribution in [2.24, 2.45) is 0 Å². The Bertz CT molecular complexity index is 527. The fraction of sp³-hybridized carbons (Fsp3) is 0.182. The van der Waals surface area contributed by atoms with Crippen LogP contribution in [0.15, 0.2) is 28.7 Å². The van der Waals surface area contributed by atoms with Gasteiger partial charge in [0.25, 0.3) is 0 Å². The van der Waals surface area contributed by atoms with Crippen molar-refractivity contribution in [3.05, 3.63) is 41.3 Å². The Balaban J connectivity index is 2.02. The van der Waals surface area contributed by atoms with Crippen molar-refractivity contribution in [3.8, 4) is 6.07 Å². The first-order chi connectivity index (χ1) is 7.78. The molecular weight excluding hydrogens is 204 g/mol. The minimum atomic E-state index is 0.389. The summed E-state index contributed by atoms with van der Waals surface area (Å²) in [6.45, 7) is 2.28. The van der Waals surface area contributed by atoms with E-state index in [1.165, 1.54) is 0 Å². The highest BCUT2D eigenvalue weighted by Gasteiger charge is 2.01. The Kier molecular flexibility index (Phi) is 2.83. The average Bonchev–Trinajstić information content (AvgIpc) is 2.73. The first kappa shape index (κ1) is 10.2. The third-order valence-corrected chi connectivity index (χ3v) is 2.03. The Labute approximate surface area is 92.7 Å². The average molecular weight is 214 g/mol. The number of benzene rings is 1. The molecule has 1 aromatic carbocycles. The van der Waals surface area contributed by atoms with E-state index in [0.29, 0.717) is 24.0 Å². The van der Waals surface area contributed by atoms with Crippen molar-refractivity contribution < 1.29 is 4.42 Å². The summed E-state index contributed by atoms with van der Waals surface area (Å²) in [7, 11) is 0. The number of hydrogen-bond donors (Lipinski definition) is 1. The van der Waals surface area contributed by atoms with Crippen LogP contribution in [0.2, 0.25) is 0 Å². The van der Waals surface area contributed by atoms with Gasteiger partial charge in [-0.05, 0) is 17.7 Å². The first-order valence-corrected chi connectivity index (χ1v) is 4.81. The lowest BCUT2D eigenvalue weighted by atomic mass is 10.1. The van der Waals surface area contributed by atoms with E-state index >= 15 is 0 Å². The van der Waals surface area contributed by atoms with E-state index in [1.54, 1.807) is 13.0 Å². The van der Waals surface area contributed by atoms with Gasteiger partial charge in [-0.3, -0.25) is 0 Å². The number of rotatable bonds is 3. The van der Waals surface area contributed by atoms with E-state index in [0.717, 1.165) is 5.56 Å². The highest BCUT2D eigenvalue weighted by atomic mass is 16.4. The molecule has 2 rings (SSSR count). The van der Waals surface area contributed by atoms with Crippen molar-refractivity contribution in [1.82, 2.24) is 10.2 Å². The quantitative estimate of drug-likeness (QED) is 0.844. The van der Waals surface area contributed by atoms with Gasteiger partial charge in [0.15, 0.2) is 0 Å². The second-order valence-electron chi connectivity index (χ2n) is 3.29. The van der Waals surface area contributed by atoms with E-state index in [2.05, 4.69) is 21.6 Å². The molecule has 16 heavy (non-hydrogen) atoms. The number of nitriles is 1. The predicted molar refractivity (Wildman–Crippen MR) is 57.5 cm³/mol. The van der Waals surface area contributed by atoms with Crippen molar-refractivity contribution in [2.75, 3.05) is 5.32 Å². The molecule has 0 radical (unpaired) electrons. The summed E-state index contributed by atoms with van der Waals surface area (Å²) in [5, 5.41) is 19.2. The smallest absolute Gasteiger partial charge is 0.315 e. The molecule has 1 N–H and O–H groups in total. The largest absolute Gasteiger partial charge is 0.408 e. The fourth-order valence-electron chi connectivity index (χ4n) is 1.30. The summed E-state index contributed by atoms with van der Waals surface area (Å²) in [6, 6.07) is 9.83. The zero-order chi connectivity index (χ0) is 11.4. The normalized spacial score (nSPS) is 9.75. The minimum absolute atomic E-state index is 0.389. The van der Waals surface area contributed by atoms with E-state index < -0.39 is 0 Å². The van der Waals surface area contributed by atoms with Gasteiger partial charge in [0.2, 0.25) is 5.89 Å². The highest BCUT2D eigenvalue weighted by molar-refractivity contribution is 5.34. The Morgan fingerprint density at radius 1 is 1.44 bits per heavy atom. The molecule has 0 aliphatic rings. The number of hydrogen-bond acceptors (Lipinski definition) is 5. The second kappa shape index (κ2) is 4.45. The van der Waals surface area contributed by atoms with Gasteiger partial charge >= 0.3 is 6.01 Å².